The third kappa shape index (κ3) is 3.45. The summed E-state index contributed by atoms with van der Waals surface area (Å²) in [7, 11) is 0. The van der Waals surface area contributed by atoms with E-state index in [4.69, 9.17) is 0 Å². The van der Waals surface area contributed by atoms with Crippen LogP contribution >= 0.6 is 11.8 Å². The van der Waals surface area contributed by atoms with E-state index in [1.807, 2.05) is 34.9 Å². The molecule has 0 amide bonds. The zero-order valence-electron chi connectivity index (χ0n) is 14.9. The highest BCUT2D eigenvalue weighted by Crippen LogP contribution is 2.30. The second kappa shape index (κ2) is 7.40. The molecule has 0 spiro atoms. The van der Waals surface area contributed by atoms with E-state index in [9.17, 15) is 4.39 Å². The Hall–Kier alpha value is -3.66. The Morgan fingerprint density at radius 1 is 0.862 bits per heavy atom. The average Bonchev–Trinajstić information content (AvgIpc) is 3.36. The first-order valence-electron chi connectivity index (χ1n) is 8.73. The SMILES string of the molecule is Fc1ccccc1-c1nnc(Sc2ccc3nnnn3n2)n1Cc1ccccc1. The zero-order valence-corrected chi connectivity index (χ0v) is 15.7. The minimum atomic E-state index is -0.348. The average molecular weight is 404 g/mol. The predicted molar refractivity (Wildman–Crippen MR) is 104 cm³/mol. The van der Waals surface area contributed by atoms with Gasteiger partial charge in [-0.05, 0) is 52.0 Å². The number of hydrogen-bond acceptors (Lipinski definition) is 7. The van der Waals surface area contributed by atoms with Crippen molar-refractivity contribution >= 4 is 17.4 Å². The van der Waals surface area contributed by atoms with Crippen LogP contribution in [0.5, 0.6) is 0 Å². The van der Waals surface area contributed by atoms with E-state index in [0.717, 1.165) is 5.56 Å². The predicted octanol–water partition coefficient (Wildman–Crippen LogP) is 3.12. The standard InChI is InChI=1S/C19H13FN8S/c20-15-9-5-4-8-14(15)18-22-23-19(27(18)12-13-6-2-1-3-7-13)29-17-11-10-16-21-25-26-28(16)24-17/h1-11H,12H2. The lowest BCUT2D eigenvalue weighted by molar-refractivity contribution is 0.626. The number of tetrazole rings is 1. The van der Waals surface area contributed by atoms with Gasteiger partial charge >= 0.3 is 0 Å². The maximum atomic E-state index is 14.4. The van der Waals surface area contributed by atoms with Crippen LogP contribution in [0.4, 0.5) is 4.39 Å². The van der Waals surface area contributed by atoms with Gasteiger partial charge in [0.25, 0.3) is 0 Å². The van der Waals surface area contributed by atoms with E-state index in [-0.39, 0.29) is 5.82 Å². The summed E-state index contributed by atoms with van der Waals surface area (Å²) in [6.07, 6.45) is 0. The molecular weight excluding hydrogens is 391 g/mol. The molecule has 0 aliphatic rings. The lowest BCUT2D eigenvalue weighted by Gasteiger charge is -2.10. The van der Waals surface area contributed by atoms with Crippen LogP contribution in [0, 0.1) is 5.82 Å². The van der Waals surface area contributed by atoms with Crippen molar-refractivity contribution in [1.82, 2.24) is 40.0 Å². The van der Waals surface area contributed by atoms with Crippen molar-refractivity contribution < 1.29 is 4.39 Å². The third-order valence-corrected chi connectivity index (χ3v) is 5.17. The highest BCUT2D eigenvalue weighted by atomic mass is 32.2. The Kier molecular flexibility index (Phi) is 4.45. The van der Waals surface area contributed by atoms with Gasteiger partial charge in [0.2, 0.25) is 0 Å². The van der Waals surface area contributed by atoms with Gasteiger partial charge in [-0.2, -0.15) is 0 Å². The van der Waals surface area contributed by atoms with Crippen molar-refractivity contribution in [3.63, 3.8) is 0 Å². The summed E-state index contributed by atoms with van der Waals surface area (Å²) in [5.74, 6) is 0.108. The van der Waals surface area contributed by atoms with Crippen LogP contribution in [0.1, 0.15) is 5.56 Å². The van der Waals surface area contributed by atoms with Gasteiger partial charge < -0.3 is 0 Å². The molecule has 5 rings (SSSR count). The Labute approximate surface area is 168 Å². The second-order valence-electron chi connectivity index (χ2n) is 6.16. The van der Waals surface area contributed by atoms with E-state index in [0.29, 0.717) is 33.8 Å². The molecule has 3 aromatic heterocycles. The molecule has 0 aliphatic carbocycles. The van der Waals surface area contributed by atoms with Gasteiger partial charge in [0, 0.05) is 0 Å². The van der Waals surface area contributed by atoms with E-state index in [2.05, 4.69) is 30.8 Å². The maximum absolute atomic E-state index is 14.4. The number of rotatable bonds is 5. The fourth-order valence-electron chi connectivity index (χ4n) is 2.90. The fraction of sp³-hybridized carbons (Fsp3) is 0.0526. The summed E-state index contributed by atoms with van der Waals surface area (Å²) < 4.78 is 17.7. The quantitative estimate of drug-likeness (QED) is 0.445. The molecule has 0 atom stereocenters. The van der Waals surface area contributed by atoms with Gasteiger partial charge in [-0.1, -0.05) is 42.5 Å². The van der Waals surface area contributed by atoms with Gasteiger partial charge in [-0.25, -0.2) is 4.39 Å². The fourth-order valence-corrected chi connectivity index (χ4v) is 3.68. The van der Waals surface area contributed by atoms with Crippen molar-refractivity contribution in [1.29, 1.82) is 0 Å². The molecule has 3 heterocycles. The number of halogens is 1. The van der Waals surface area contributed by atoms with Crippen LogP contribution in [-0.2, 0) is 6.54 Å². The molecule has 0 bridgehead atoms. The molecule has 0 saturated carbocycles. The first-order valence-corrected chi connectivity index (χ1v) is 9.55. The topological polar surface area (TPSA) is 86.7 Å². The van der Waals surface area contributed by atoms with E-state index >= 15 is 0 Å². The molecule has 0 aliphatic heterocycles. The van der Waals surface area contributed by atoms with Crippen LogP contribution in [0.25, 0.3) is 17.0 Å². The molecule has 0 saturated heterocycles. The van der Waals surface area contributed by atoms with E-state index in [1.165, 1.54) is 22.5 Å². The lowest BCUT2D eigenvalue weighted by Crippen LogP contribution is -2.05. The van der Waals surface area contributed by atoms with Gasteiger partial charge in [-0.3, -0.25) is 4.57 Å². The van der Waals surface area contributed by atoms with Crippen LogP contribution < -0.4 is 0 Å². The Morgan fingerprint density at radius 3 is 2.55 bits per heavy atom. The smallest absolute Gasteiger partial charge is 0.200 e. The van der Waals surface area contributed by atoms with Gasteiger partial charge in [-0.15, -0.1) is 25.0 Å². The molecule has 0 unspecified atom stereocenters. The van der Waals surface area contributed by atoms with Crippen molar-refractivity contribution in [2.45, 2.75) is 16.7 Å². The maximum Gasteiger partial charge on any atom is 0.200 e. The van der Waals surface area contributed by atoms with Crippen molar-refractivity contribution in [3.8, 4) is 11.4 Å². The molecule has 2 aromatic carbocycles. The van der Waals surface area contributed by atoms with Gasteiger partial charge in [0.15, 0.2) is 16.6 Å². The molecule has 10 heteroatoms. The Morgan fingerprint density at radius 2 is 1.69 bits per heavy atom. The van der Waals surface area contributed by atoms with Gasteiger partial charge in [0.1, 0.15) is 10.8 Å². The van der Waals surface area contributed by atoms with Crippen LogP contribution in [0.2, 0.25) is 0 Å². The molecule has 0 N–H and O–H groups in total. The van der Waals surface area contributed by atoms with Crippen LogP contribution in [-0.4, -0.2) is 40.0 Å². The lowest BCUT2D eigenvalue weighted by atomic mass is 10.2. The molecule has 29 heavy (non-hydrogen) atoms. The van der Waals surface area contributed by atoms with Gasteiger partial charge in [0.05, 0.1) is 12.1 Å². The first kappa shape index (κ1) is 17.4. The number of fused-ring (bicyclic) bond motifs is 1. The normalized spacial score (nSPS) is 11.2. The molecular formula is C19H13FN8S. The number of aromatic nitrogens is 8. The molecule has 0 radical (unpaired) electrons. The van der Waals surface area contributed by atoms with Crippen molar-refractivity contribution in [2.24, 2.45) is 0 Å². The zero-order chi connectivity index (χ0) is 19.6. The highest BCUT2D eigenvalue weighted by Gasteiger charge is 2.18. The Balaban J connectivity index is 1.58. The second-order valence-corrected chi connectivity index (χ2v) is 7.15. The van der Waals surface area contributed by atoms with E-state index in [1.54, 1.807) is 30.3 Å². The first-order chi connectivity index (χ1) is 14.3. The van der Waals surface area contributed by atoms with Crippen molar-refractivity contribution in [3.05, 3.63) is 78.1 Å². The number of benzene rings is 2. The highest BCUT2D eigenvalue weighted by molar-refractivity contribution is 7.99. The molecule has 0 fully saturated rings. The summed E-state index contributed by atoms with van der Waals surface area (Å²) >= 11 is 1.31. The minimum absolute atomic E-state index is 0.348. The Bertz CT molecular complexity index is 1280. The summed E-state index contributed by atoms with van der Waals surface area (Å²) in [5, 5.41) is 25.4. The summed E-state index contributed by atoms with van der Waals surface area (Å²) in [4.78, 5) is 0. The largest absolute Gasteiger partial charge is 0.297 e. The van der Waals surface area contributed by atoms with Crippen LogP contribution in [0.15, 0.2) is 76.9 Å². The molecule has 5 aromatic rings. The third-order valence-electron chi connectivity index (χ3n) is 4.26. The number of hydrogen-bond donors (Lipinski definition) is 0. The number of nitrogens with zero attached hydrogens (tertiary/aromatic N) is 8. The van der Waals surface area contributed by atoms with E-state index < -0.39 is 0 Å². The molecule has 8 nitrogen and oxygen atoms in total. The molecule has 142 valence electrons. The minimum Gasteiger partial charge on any atom is -0.297 e. The summed E-state index contributed by atoms with van der Waals surface area (Å²) in [6, 6.07) is 20.0. The monoisotopic (exact) mass is 404 g/mol. The summed E-state index contributed by atoms with van der Waals surface area (Å²) in [5.41, 5.74) is 1.99. The summed E-state index contributed by atoms with van der Waals surface area (Å²) in [6.45, 7) is 0.493. The van der Waals surface area contributed by atoms with Crippen LogP contribution in [0.3, 0.4) is 0 Å². The van der Waals surface area contributed by atoms with Crippen molar-refractivity contribution in [2.75, 3.05) is 0 Å².